The topological polar surface area (TPSA) is 56.7 Å². The Balaban J connectivity index is 0.00000441. The minimum atomic E-state index is 0. The van der Waals surface area contributed by atoms with E-state index in [9.17, 15) is 4.79 Å². The molecule has 0 heterocycles. The average Bonchev–Trinajstić information content (AvgIpc) is 2.50. The summed E-state index contributed by atoms with van der Waals surface area (Å²) >= 11 is 0. The van der Waals surface area contributed by atoms with E-state index < -0.39 is 0 Å². The predicted octanol–water partition coefficient (Wildman–Crippen LogP) is 2.38. The molecule has 0 radical (unpaired) electrons. The van der Waals surface area contributed by atoms with Crippen molar-refractivity contribution in [2.75, 3.05) is 27.2 Å². The number of likely N-dealkylation sites (N-methyl/N-ethyl adjacent to an activating group) is 1. The van der Waals surface area contributed by atoms with Gasteiger partial charge in [-0.05, 0) is 31.6 Å². The van der Waals surface area contributed by atoms with Crippen molar-refractivity contribution in [1.82, 2.24) is 15.5 Å². The summed E-state index contributed by atoms with van der Waals surface area (Å²) in [6.45, 7) is 6.79. The van der Waals surface area contributed by atoms with Gasteiger partial charge in [-0.3, -0.25) is 4.79 Å². The molecule has 1 aliphatic carbocycles. The fourth-order valence-electron chi connectivity index (χ4n) is 2.52. The molecule has 1 saturated carbocycles. The van der Waals surface area contributed by atoms with Crippen molar-refractivity contribution in [2.45, 2.75) is 45.1 Å². The number of hydrogen-bond donors (Lipinski definition) is 2. The summed E-state index contributed by atoms with van der Waals surface area (Å²) in [6.07, 6.45) is 7.97. The molecule has 128 valence electrons. The number of nitrogens with one attached hydrogen (secondary N) is 2. The molecule has 0 bridgehead atoms. The second-order valence-corrected chi connectivity index (χ2v) is 5.89. The van der Waals surface area contributed by atoms with Gasteiger partial charge in [0.25, 0.3) is 0 Å². The Morgan fingerprint density at radius 1 is 1.32 bits per heavy atom. The molecular weight excluding hydrogens is 391 g/mol. The van der Waals surface area contributed by atoms with Gasteiger partial charge >= 0.3 is 0 Å². The van der Waals surface area contributed by atoms with Crippen LogP contribution in [0.2, 0.25) is 0 Å². The molecule has 5 nitrogen and oxygen atoms in total. The lowest BCUT2D eigenvalue weighted by Crippen LogP contribution is -2.45. The van der Waals surface area contributed by atoms with Gasteiger partial charge in [-0.2, -0.15) is 0 Å². The molecule has 0 aliphatic heterocycles. The van der Waals surface area contributed by atoms with Crippen molar-refractivity contribution < 1.29 is 4.79 Å². The first kappa shape index (κ1) is 21.2. The van der Waals surface area contributed by atoms with Crippen LogP contribution in [0.15, 0.2) is 17.6 Å². The lowest BCUT2D eigenvalue weighted by Gasteiger charge is -2.29. The molecule has 2 N–H and O–H groups in total. The number of guanidine groups is 1. The summed E-state index contributed by atoms with van der Waals surface area (Å²) in [5.74, 6) is 1.59. The summed E-state index contributed by atoms with van der Waals surface area (Å²) in [6, 6.07) is 0.457. The number of halogens is 1. The molecule has 0 saturated heterocycles. The molecule has 6 heteroatoms. The molecule has 0 spiro atoms. The summed E-state index contributed by atoms with van der Waals surface area (Å²) in [7, 11) is 3.49. The third kappa shape index (κ3) is 8.00. The maximum absolute atomic E-state index is 11.6. The van der Waals surface area contributed by atoms with Crippen LogP contribution in [0.4, 0.5) is 0 Å². The first-order valence-corrected chi connectivity index (χ1v) is 7.92. The SMILES string of the molecule is C=CCNC(=NCC(=O)N(C)C)NC1CCC(CC)CC1.I. The van der Waals surface area contributed by atoms with Gasteiger partial charge in [0, 0.05) is 26.7 Å². The number of amides is 1. The molecule has 0 aromatic carbocycles. The zero-order chi connectivity index (χ0) is 15.7. The number of nitrogens with zero attached hydrogens (tertiary/aromatic N) is 2. The second-order valence-electron chi connectivity index (χ2n) is 5.89. The van der Waals surface area contributed by atoms with Gasteiger partial charge in [-0.25, -0.2) is 4.99 Å². The standard InChI is InChI=1S/C16H30N4O.HI/c1-5-11-17-16(18-12-15(21)20(3)4)19-14-9-7-13(6-2)8-10-14;/h5,13-14H,1,6-12H2,2-4H3,(H2,17,18,19);1H. The van der Waals surface area contributed by atoms with Gasteiger partial charge in [-0.15, -0.1) is 30.6 Å². The van der Waals surface area contributed by atoms with Gasteiger partial charge in [-0.1, -0.05) is 19.4 Å². The van der Waals surface area contributed by atoms with Crippen molar-refractivity contribution in [3.8, 4) is 0 Å². The van der Waals surface area contributed by atoms with Gasteiger partial charge in [0.2, 0.25) is 5.91 Å². The molecule has 0 aromatic rings. The lowest BCUT2D eigenvalue weighted by atomic mass is 9.84. The van der Waals surface area contributed by atoms with Crippen LogP contribution in [0.3, 0.4) is 0 Å². The third-order valence-corrected chi connectivity index (χ3v) is 4.05. The molecule has 1 aliphatic rings. The van der Waals surface area contributed by atoms with Gasteiger partial charge in [0.1, 0.15) is 6.54 Å². The molecular formula is C16H31IN4O. The molecule has 0 unspecified atom stereocenters. The van der Waals surface area contributed by atoms with Crippen molar-refractivity contribution in [2.24, 2.45) is 10.9 Å². The zero-order valence-electron chi connectivity index (χ0n) is 14.1. The van der Waals surface area contributed by atoms with E-state index in [1.165, 1.54) is 32.1 Å². The number of carbonyl (C=O) groups excluding carboxylic acids is 1. The Hall–Kier alpha value is -0.790. The van der Waals surface area contributed by atoms with Crippen LogP contribution >= 0.6 is 24.0 Å². The van der Waals surface area contributed by atoms with Crippen molar-refractivity contribution in [3.63, 3.8) is 0 Å². The first-order valence-electron chi connectivity index (χ1n) is 7.92. The smallest absolute Gasteiger partial charge is 0.243 e. The van der Waals surface area contributed by atoms with E-state index in [1.54, 1.807) is 25.1 Å². The van der Waals surface area contributed by atoms with Crippen molar-refractivity contribution in [1.29, 1.82) is 0 Å². The minimum absolute atomic E-state index is 0. The van der Waals surface area contributed by atoms with Crippen LogP contribution in [0.25, 0.3) is 0 Å². The molecule has 1 rings (SSSR count). The average molecular weight is 422 g/mol. The van der Waals surface area contributed by atoms with Crippen molar-refractivity contribution >= 4 is 35.8 Å². The van der Waals surface area contributed by atoms with E-state index in [0.29, 0.717) is 18.5 Å². The summed E-state index contributed by atoms with van der Waals surface area (Å²) in [4.78, 5) is 17.6. The van der Waals surface area contributed by atoms with Gasteiger partial charge in [0.15, 0.2) is 5.96 Å². The Morgan fingerprint density at radius 3 is 2.45 bits per heavy atom. The molecule has 0 aromatic heterocycles. The summed E-state index contributed by atoms with van der Waals surface area (Å²) in [5.41, 5.74) is 0. The number of hydrogen-bond acceptors (Lipinski definition) is 2. The maximum atomic E-state index is 11.6. The Bertz CT molecular complexity index is 363. The van der Waals surface area contributed by atoms with E-state index >= 15 is 0 Å². The van der Waals surface area contributed by atoms with Crippen LogP contribution in [0.1, 0.15) is 39.0 Å². The van der Waals surface area contributed by atoms with Gasteiger partial charge in [0.05, 0.1) is 0 Å². The highest BCUT2D eigenvalue weighted by Gasteiger charge is 2.20. The number of aliphatic imine (C=N–C) groups is 1. The van der Waals surface area contributed by atoms with Crippen LogP contribution in [-0.2, 0) is 4.79 Å². The quantitative estimate of drug-likeness (QED) is 0.299. The summed E-state index contributed by atoms with van der Waals surface area (Å²) < 4.78 is 0. The number of rotatable bonds is 6. The van der Waals surface area contributed by atoms with Crippen LogP contribution < -0.4 is 10.6 Å². The highest BCUT2D eigenvalue weighted by Crippen LogP contribution is 2.26. The molecule has 1 amide bonds. The van der Waals surface area contributed by atoms with Crippen LogP contribution in [0, 0.1) is 5.92 Å². The molecule has 22 heavy (non-hydrogen) atoms. The van der Waals surface area contributed by atoms with E-state index in [1.807, 2.05) is 0 Å². The maximum Gasteiger partial charge on any atom is 0.243 e. The first-order chi connectivity index (χ1) is 10.1. The van der Waals surface area contributed by atoms with Gasteiger partial charge < -0.3 is 15.5 Å². The molecule has 0 atom stereocenters. The Kier molecular flexibility index (Phi) is 11.3. The third-order valence-electron chi connectivity index (χ3n) is 4.05. The van der Waals surface area contributed by atoms with E-state index in [-0.39, 0.29) is 36.4 Å². The monoisotopic (exact) mass is 422 g/mol. The predicted molar refractivity (Wildman–Crippen MR) is 104 cm³/mol. The summed E-state index contributed by atoms with van der Waals surface area (Å²) in [5, 5.41) is 6.64. The normalized spacial score (nSPS) is 21.5. The van der Waals surface area contributed by atoms with Crippen molar-refractivity contribution in [3.05, 3.63) is 12.7 Å². The van der Waals surface area contributed by atoms with Crippen LogP contribution in [-0.4, -0.2) is 50.0 Å². The van der Waals surface area contributed by atoms with E-state index in [0.717, 1.165) is 5.92 Å². The molecule has 1 fully saturated rings. The van der Waals surface area contributed by atoms with E-state index in [2.05, 4.69) is 29.1 Å². The highest BCUT2D eigenvalue weighted by molar-refractivity contribution is 14.0. The minimum Gasteiger partial charge on any atom is -0.354 e. The zero-order valence-corrected chi connectivity index (χ0v) is 16.4. The Labute approximate surface area is 152 Å². The second kappa shape index (κ2) is 11.7. The fourth-order valence-corrected chi connectivity index (χ4v) is 2.52. The lowest BCUT2D eigenvalue weighted by molar-refractivity contribution is -0.127. The largest absolute Gasteiger partial charge is 0.354 e. The fraction of sp³-hybridized carbons (Fsp3) is 0.750. The van der Waals surface area contributed by atoms with E-state index in [4.69, 9.17) is 0 Å². The number of carbonyl (C=O) groups is 1. The highest BCUT2D eigenvalue weighted by atomic mass is 127. The Morgan fingerprint density at radius 2 is 1.95 bits per heavy atom. The van der Waals surface area contributed by atoms with Crippen LogP contribution in [0.5, 0.6) is 0 Å².